The summed E-state index contributed by atoms with van der Waals surface area (Å²) in [5, 5.41) is 11.9. The van der Waals surface area contributed by atoms with Crippen molar-refractivity contribution >= 4 is 0 Å². The topological polar surface area (TPSA) is 39.1 Å². The van der Waals surface area contributed by atoms with Crippen LogP contribution in [0.3, 0.4) is 0 Å². The van der Waals surface area contributed by atoms with Gasteiger partial charge in [0.15, 0.2) is 0 Å². The van der Waals surface area contributed by atoms with Crippen LogP contribution < -0.4 is 5.32 Å². The van der Waals surface area contributed by atoms with E-state index < -0.39 is 0 Å². The molecule has 3 heteroatoms. The van der Waals surface area contributed by atoms with Crippen molar-refractivity contribution in [1.29, 1.82) is 5.26 Å². The highest BCUT2D eigenvalue weighted by Crippen LogP contribution is 2.25. The van der Waals surface area contributed by atoms with Crippen molar-refractivity contribution in [2.45, 2.75) is 0 Å². The van der Waals surface area contributed by atoms with Gasteiger partial charge < -0.3 is 5.32 Å². The fourth-order valence-electron chi connectivity index (χ4n) is 2.18. The Bertz CT molecular complexity index is 172. The number of nitriles is 1. The molecule has 0 spiro atoms. The normalized spacial score (nSPS) is 37.0. The Morgan fingerprint density at radius 2 is 2.00 bits per heavy atom. The molecule has 3 nitrogen and oxygen atoms in total. The highest BCUT2D eigenvalue weighted by atomic mass is 15.2. The fraction of sp³-hybridized carbons (Fsp3) is 0.875. The molecule has 2 rings (SSSR count). The molecule has 0 aromatic carbocycles. The molecule has 0 amide bonds. The van der Waals surface area contributed by atoms with Crippen molar-refractivity contribution in [2.75, 3.05) is 32.7 Å². The van der Waals surface area contributed by atoms with Crippen LogP contribution in [0, 0.1) is 23.2 Å². The molecule has 60 valence electrons. The maximum atomic E-state index is 8.48. The number of fused-ring (bicyclic) bond motifs is 1. The second-order valence-corrected chi connectivity index (χ2v) is 3.53. The molecule has 2 atom stereocenters. The first-order chi connectivity index (χ1) is 5.40. The predicted molar refractivity (Wildman–Crippen MR) is 41.9 cm³/mol. The second-order valence-electron chi connectivity index (χ2n) is 3.53. The van der Waals surface area contributed by atoms with E-state index >= 15 is 0 Å². The molecule has 0 bridgehead atoms. The van der Waals surface area contributed by atoms with E-state index in [0.717, 1.165) is 38.0 Å². The van der Waals surface area contributed by atoms with Crippen LogP contribution in [-0.2, 0) is 0 Å². The SMILES string of the molecule is N#CCN1CC2CNCC2C1. The quantitative estimate of drug-likeness (QED) is 0.521. The summed E-state index contributed by atoms with van der Waals surface area (Å²) in [5.74, 6) is 1.65. The summed E-state index contributed by atoms with van der Waals surface area (Å²) in [5.41, 5.74) is 0. The van der Waals surface area contributed by atoms with Gasteiger partial charge in [-0.1, -0.05) is 0 Å². The number of nitrogens with zero attached hydrogens (tertiary/aromatic N) is 2. The van der Waals surface area contributed by atoms with Crippen LogP contribution >= 0.6 is 0 Å². The second kappa shape index (κ2) is 2.80. The van der Waals surface area contributed by atoms with E-state index in [2.05, 4.69) is 16.3 Å². The van der Waals surface area contributed by atoms with Gasteiger partial charge in [0.05, 0.1) is 12.6 Å². The van der Waals surface area contributed by atoms with Crippen molar-refractivity contribution in [3.05, 3.63) is 0 Å². The maximum absolute atomic E-state index is 8.48. The molecule has 2 unspecified atom stereocenters. The van der Waals surface area contributed by atoms with Crippen LogP contribution in [0.1, 0.15) is 0 Å². The first kappa shape index (κ1) is 7.08. The summed E-state index contributed by atoms with van der Waals surface area (Å²) in [4.78, 5) is 2.26. The molecule has 0 saturated carbocycles. The minimum atomic E-state index is 0.618. The third-order valence-electron chi connectivity index (χ3n) is 2.76. The van der Waals surface area contributed by atoms with Gasteiger partial charge in [-0.25, -0.2) is 0 Å². The zero-order valence-electron chi connectivity index (χ0n) is 6.58. The van der Waals surface area contributed by atoms with Gasteiger partial charge in [-0.2, -0.15) is 5.26 Å². The third-order valence-corrected chi connectivity index (χ3v) is 2.76. The lowest BCUT2D eigenvalue weighted by Gasteiger charge is -2.11. The Labute approximate surface area is 67.0 Å². The highest BCUT2D eigenvalue weighted by molar-refractivity contribution is 4.93. The Morgan fingerprint density at radius 1 is 1.36 bits per heavy atom. The van der Waals surface area contributed by atoms with Gasteiger partial charge in [0, 0.05) is 13.1 Å². The number of rotatable bonds is 1. The number of likely N-dealkylation sites (tertiary alicyclic amines) is 1. The lowest BCUT2D eigenvalue weighted by molar-refractivity contribution is 0.350. The molecule has 1 N–H and O–H groups in total. The maximum Gasteiger partial charge on any atom is 0.0866 e. The standard InChI is InChI=1S/C8H13N3/c9-1-2-11-5-7-3-10-4-8(7)6-11/h7-8,10H,2-6H2. The molecule has 0 aromatic rings. The van der Waals surface area contributed by atoms with Gasteiger partial charge in [0.1, 0.15) is 0 Å². The molecule has 11 heavy (non-hydrogen) atoms. The van der Waals surface area contributed by atoms with Gasteiger partial charge in [-0.3, -0.25) is 4.90 Å². The summed E-state index contributed by atoms with van der Waals surface area (Å²) in [6.45, 7) is 5.20. The van der Waals surface area contributed by atoms with Gasteiger partial charge in [0.25, 0.3) is 0 Å². The number of nitrogens with one attached hydrogen (secondary N) is 1. The van der Waals surface area contributed by atoms with Crippen LogP contribution in [0.2, 0.25) is 0 Å². The van der Waals surface area contributed by atoms with E-state index in [-0.39, 0.29) is 0 Å². The average Bonchev–Trinajstić information content (AvgIpc) is 2.46. The smallest absolute Gasteiger partial charge is 0.0866 e. The summed E-state index contributed by atoms with van der Waals surface area (Å²) in [7, 11) is 0. The lowest BCUT2D eigenvalue weighted by atomic mass is 10.0. The Morgan fingerprint density at radius 3 is 2.55 bits per heavy atom. The predicted octanol–water partition coefficient (Wildman–Crippen LogP) is -0.339. The first-order valence-corrected chi connectivity index (χ1v) is 4.20. The van der Waals surface area contributed by atoms with Crippen molar-refractivity contribution in [2.24, 2.45) is 11.8 Å². The number of hydrogen-bond acceptors (Lipinski definition) is 3. The fourth-order valence-corrected chi connectivity index (χ4v) is 2.18. The molecule has 2 aliphatic heterocycles. The van der Waals surface area contributed by atoms with E-state index in [1.807, 2.05) is 0 Å². The van der Waals surface area contributed by atoms with E-state index in [9.17, 15) is 0 Å². The zero-order valence-corrected chi connectivity index (χ0v) is 6.58. The average molecular weight is 151 g/mol. The van der Waals surface area contributed by atoms with Crippen LogP contribution in [0.4, 0.5) is 0 Å². The van der Waals surface area contributed by atoms with Crippen LogP contribution in [0.15, 0.2) is 0 Å². The van der Waals surface area contributed by atoms with Crippen molar-refractivity contribution in [1.82, 2.24) is 10.2 Å². The molecule has 0 aromatic heterocycles. The largest absolute Gasteiger partial charge is 0.316 e. The molecular weight excluding hydrogens is 138 g/mol. The molecule has 2 aliphatic rings. The molecular formula is C8H13N3. The van der Waals surface area contributed by atoms with Crippen molar-refractivity contribution in [3.8, 4) is 6.07 Å². The molecule has 0 radical (unpaired) electrons. The van der Waals surface area contributed by atoms with E-state index in [1.165, 1.54) is 0 Å². The zero-order chi connectivity index (χ0) is 7.68. The lowest BCUT2D eigenvalue weighted by Crippen LogP contribution is -2.25. The molecule has 2 saturated heterocycles. The minimum absolute atomic E-state index is 0.618. The number of hydrogen-bond donors (Lipinski definition) is 1. The Balaban J connectivity index is 1.90. The Hall–Kier alpha value is -0.590. The monoisotopic (exact) mass is 151 g/mol. The first-order valence-electron chi connectivity index (χ1n) is 4.20. The van der Waals surface area contributed by atoms with Crippen LogP contribution in [0.5, 0.6) is 0 Å². The van der Waals surface area contributed by atoms with Crippen molar-refractivity contribution < 1.29 is 0 Å². The van der Waals surface area contributed by atoms with E-state index in [0.29, 0.717) is 6.54 Å². The Kier molecular flexibility index (Phi) is 1.80. The van der Waals surface area contributed by atoms with Gasteiger partial charge >= 0.3 is 0 Å². The minimum Gasteiger partial charge on any atom is -0.316 e. The van der Waals surface area contributed by atoms with E-state index in [4.69, 9.17) is 5.26 Å². The third kappa shape index (κ3) is 1.24. The highest BCUT2D eigenvalue weighted by Gasteiger charge is 2.35. The van der Waals surface area contributed by atoms with Crippen LogP contribution in [0.25, 0.3) is 0 Å². The van der Waals surface area contributed by atoms with E-state index in [1.54, 1.807) is 0 Å². The molecule has 2 fully saturated rings. The summed E-state index contributed by atoms with van der Waals surface area (Å²) < 4.78 is 0. The van der Waals surface area contributed by atoms with Gasteiger partial charge in [0.2, 0.25) is 0 Å². The van der Waals surface area contributed by atoms with Crippen LogP contribution in [-0.4, -0.2) is 37.6 Å². The van der Waals surface area contributed by atoms with Crippen molar-refractivity contribution in [3.63, 3.8) is 0 Å². The van der Waals surface area contributed by atoms with Gasteiger partial charge in [-0.05, 0) is 24.9 Å². The summed E-state index contributed by atoms with van der Waals surface area (Å²) >= 11 is 0. The molecule has 2 heterocycles. The van der Waals surface area contributed by atoms with Gasteiger partial charge in [-0.15, -0.1) is 0 Å². The molecule has 0 aliphatic carbocycles. The summed E-state index contributed by atoms with van der Waals surface area (Å²) in [6.07, 6.45) is 0. The summed E-state index contributed by atoms with van der Waals surface area (Å²) in [6, 6.07) is 2.20.